The Morgan fingerprint density at radius 2 is 1.77 bits per heavy atom. The first-order valence-corrected chi connectivity index (χ1v) is 22.5. The number of piperidine rings is 2. The van der Waals surface area contributed by atoms with E-state index in [9.17, 15) is 22.8 Å². The van der Waals surface area contributed by atoms with Crippen LogP contribution < -0.4 is 35.6 Å². The number of nitrogens with zero attached hydrogens (tertiary/aromatic N) is 6. The number of ether oxygens (including phenoxy) is 2. The monoisotopic (exact) mass is 883 g/mol. The van der Waals surface area contributed by atoms with E-state index in [0.29, 0.717) is 59.8 Å². The topological polar surface area (TPSA) is 222 Å². The highest BCUT2D eigenvalue weighted by Gasteiger charge is 2.40. The summed E-state index contributed by atoms with van der Waals surface area (Å²) in [6, 6.07) is 12.3. The third kappa shape index (κ3) is 9.14. The van der Waals surface area contributed by atoms with E-state index in [4.69, 9.17) is 21.1 Å². The molecule has 324 valence electrons. The summed E-state index contributed by atoms with van der Waals surface area (Å²) in [6.45, 7) is 5.00. The Hall–Kier alpha value is -6.31. The number of amides is 3. The molecule has 0 spiro atoms. The number of anilines is 7. The van der Waals surface area contributed by atoms with Gasteiger partial charge in [0.25, 0.3) is 5.91 Å². The molecule has 62 heavy (non-hydrogen) atoms. The van der Waals surface area contributed by atoms with Crippen LogP contribution in [0.1, 0.15) is 54.1 Å². The Bertz CT molecular complexity index is 2660. The first-order chi connectivity index (χ1) is 29.9. The van der Waals surface area contributed by atoms with Crippen LogP contribution in [0.2, 0.25) is 5.02 Å². The first kappa shape index (κ1) is 42.4. The molecule has 8 rings (SSSR count). The van der Waals surface area contributed by atoms with Crippen molar-refractivity contribution in [2.45, 2.75) is 57.7 Å². The van der Waals surface area contributed by atoms with E-state index in [1.165, 1.54) is 18.6 Å². The number of imide groups is 1. The molecule has 1 unspecified atom stereocenters. The fourth-order valence-electron chi connectivity index (χ4n) is 8.08. The predicted molar refractivity (Wildman–Crippen MR) is 236 cm³/mol. The summed E-state index contributed by atoms with van der Waals surface area (Å²) in [6.07, 6.45) is 8.54. The zero-order valence-corrected chi connectivity index (χ0v) is 35.9. The third-order valence-corrected chi connectivity index (χ3v) is 11.9. The van der Waals surface area contributed by atoms with E-state index in [0.717, 1.165) is 61.1 Å². The van der Waals surface area contributed by atoms with Crippen LogP contribution in [-0.4, -0.2) is 103 Å². The number of hydrogen-bond donors (Lipinski definition) is 5. The maximum absolute atomic E-state index is 13.2. The number of rotatable bonds is 15. The molecule has 5 aromatic rings. The highest BCUT2D eigenvalue weighted by atomic mass is 35.5. The van der Waals surface area contributed by atoms with Gasteiger partial charge < -0.3 is 35.2 Å². The Morgan fingerprint density at radius 1 is 0.968 bits per heavy atom. The number of sulfonamides is 1. The van der Waals surface area contributed by atoms with Crippen LogP contribution in [0.5, 0.6) is 5.75 Å². The smallest absolute Gasteiger partial charge is 0.255 e. The van der Waals surface area contributed by atoms with Gasteiger partial charge in [-0.15, -0.1) is 0 Å². The highest BCUT2D eigenvalue weighted by Crippen LogP contribution is 2.38. The number of carbonyl (C=O) groups excluding carboxylic acids is 3. The van der Waals surface area contributed by atoms with Crippen LogP contribution in [0, 0.1) is 0 Å². The molecule has 3 aromatic carbocycles. The van der Waals surface area contributed by atoms with Gasteiger partial charge in [0, 0.05) is 73.6 Å². The van der Waals surface area contributed by atoms with E-state index >= 15 is 0 Å². The van der Waals surface area contributed by atoms with Gasteiger partial charge in [0.05, 0.1) is 54.9 Å². The molecular formula is C42H46ClN11O7S. The van der Waals surface area contributed by atoms with E-state index in [1.807, 2.05) is 24.3 Å². The van der Waals surface area contributed by atoms with Gasteiger partial charge in [-0.05, 0) is 61.6 Å². The number of fused-ring (bicyclic) bond motifs is 2. The van der Waals surface area contributed by atoms with Crippen molar-refractivity contribution in [3.8, 4) is 5.75 Å². The van der Waals surface area contributed by atoms with Crippen molar-refractivity contribution in [1.82, 2.24) is 30.2 Å². The minimum atomic E-state index is -3.68. The molecule has 2 aromatic heterocycles. The lowest BCUT2D eigenvalue weighted by atomic mass is 10.0. The summed E-state index contributed by atoms with van der Waals surface area (Å²) in [5.41, 5.74) is 6.48. The average molecular weight is 884 g/mol. The number of hydrogen-bond acceptors (Lipinski definition) is 15. The van der Waals surface area contributed by atoms with Crippen molar-refractivity contribution in [3.05, 3.63) is 82.8 Å². The minimum Gasteiger partial charge on any atom is -0.494 e. The van der Waals surface area contributed by atoms with Crippen molar-refractivity contribution < 1.29 is 32.3 Å². The molecule has 18 nitrogen and oxygen atoms in total. The Kier molecular flexibility index (Phi) is 12.3. The lowest BCUT2D eigenvalue weighted by molar-refractivity contribution is -0.136. The Labute approximate surface area is 363 Å². The quantitative estimate of drug-likeness (QED) is 0.0660. The van der Waals surface area contributed by atoms with Gasteiger partial charge in [-0.1, -0.05) is 24.6 Å². The lowest BCUT2D eigenvalue weighted by Crippen LogP contribution is -2.52. The molecule has 2 saturated heterocycles. The van der Waals surface area contributed by atoms with Crippen LogP contribution in [0.15, 0.2) is 61.1 Å². The summed E-state index contributed by atoms with van der Waals surface area (Å²) in [5.74, 6) is 0.114. The molecule has 3 aliphatic heterocycles. The second-order valence-corrected chi connectivity index (χ2v) is 17.3. The summed E-state index contributed by atoms with van der Waals surface area (Å²) in [4.78, 5) is 58.9. The highest BCUT2D eigenvalue weighted by molar-refractivity contribution is 7.92. The summed E-state index contributed by atoms with van der Waals surface area (Å²) in [5, 5.41) is 12.4. The number of aromatic nitrogens is 4. The Morgan fingerprint density at radius 3 is 2.53 bits per heavy atom. The van der Waals surface area contributed by atoms with Crippen LogP contribution >= 0.6 is 11.6 Å². The molecule has 1 atom stereocenters. The van der Waals surface area contributed by atoms with Crippen LogP contribution in [0.3, 0.4) is 0 Å². The van der Waals surface area contributed by atoms with Gasteiger partial charge in [0.2, 0.25) is 27.8 Å². The molecule has 3 amide bonds. The molecule has 5 N–H and O–H groups in total. The predicted octanol–water partition coefficient (Wildman–Crippen LogP) is 5.36. The number of benzene rings is 3. The lowest BCUT2D eigenvalue weighted by Gasteiger charge is -2.35. The fourth-order valence-corrected chi connectivity index (χ4v) is 8.79. The average Bonchev–Trinajstić information content (AvgIpc) is 3.60. The fraction of sp³-hybridized carbons (Fsp3) is 0.357. The van der Waals surface area contributed by atoms with Gasteiger partial charge in [-0.3, -0.25) is 34.4 Å². The summed E-state index contributed by atoms with van der Waals surface area (Å²) < 4.78 is 39.3. The number of methoxy groups -OCH3 is 1. The van der Waals surface area contributed by atoms with Crippen LogP contribution in [0.4, 0.5) is 40.2 Å². The van der Waals surface area contributed by atoms with Gasteiger partial charge in [-0.2, -0.15) is 4.98 Å². The summed E-state index contributed by atoms with van der Waals surface area (Å²) >= 11 is 6.54. The molecule has 0 saturated carbocycles. The van der Waals surface area contributed by atoms with Crippen LogP contribution in [0.25, 0.3) is 11.0 Å². The molecule has 0 bridgehead atoms. The van der Waals surface area contributed by atoms with Gasteiger partial charge in [-0.25, -0.2) is 13.4 Å². The minimum absolute atomic E-state index is 0.0812. The second-order valence-electron chi connectivity index (χ2n) is 15.2. The molecule has 5 heterocycles. The standard InChI is InChI=1S/C42H46ClN11O7S/c1-4-24-20-32(49-42-47-22-28(43)39(51-42)48-31-9-8-30-37(46-15-14-44-30)38(31)52-62(3,58)59)35(60-2)21-34(24)53-17-12-25(13-18-53)61-19-16-45-29-7-5-6-26-27(29)23-54(41(26)57)33-10-11-36(55)50-40(33)56/h5-9,14-15,20-22,25,33,45,52H,4,10-13,16-19,23H2,1-3H3,(H,50,55,56)(H2,47,48,49,51). The molecule has 2 fully saturated rings. The largest absolute Gasteiger partial charge is 0.494 e. The van der Waals surface area contributed by atoms with Crippen molar-refractivity contribution in [1.29, 1.82) is 0 Å². The van der Waals surface area contributed by atoms with Crippen LogP contribution in [-0.2, 0) is 37.3 Å². The zero-order valence-electron chi connectivity index (χ0n) is 34.3. The summed E-state index contributed by atoms with van der Waals surface area (Å²) in [7, 11) is -2.07. The number of halogens is 1. The third-order valence-electron chi connectivity index (χ3n) is 11.1. The molecule has 0 aliphatic carbocycles. The molecular weight excluding hydrogens is 838 g/mol. The maximum Gasteiger partial charge on any atom is 0.255 e. The molecule has 20 heteroatoms. The SMILES string of the molecule is CCc1cc(Nc2ncc(Cl)c(Nc3ccc4nccnc4c3NS(C)(=O)=O)n2)c(OC)cc1N1CCC(OCCNc2cccc3c2CN(C2CCC(=O)NC2=O)C3=O)CC1. The normalized spacial score (nSPS) is 16.9. The van der Waals surface area contributed by atoms with Gasteiger partial charge in [0.15, 0.2) is 5.82 Å². The van der Waals surface area contributed by atoms with Gasteiger partial charge in [0.1, 0.15) is 22.3 Å². The number of nitrogens with one attached hydrogen (secondary N) is 5. The number of carbonyl (C=O) groups is 3. The molecule has 0 radical (unpaired) electrons. The zero-order chi connectivity index (χ0) is 43.5. The van der Waals surface area contributed by atoms with Gasteiger partial charge >= 0.3 is 0 Å². The van der Waals surface area contributed by atoms with Crippen molar-refractivity contribution in [2.75, 3.05) is 65.2 Å². The van der Waals surface area contributed by atoms with E-state index < -0.39 is 22.0 Å². The number of aryl methyl sites for hydroxylation is 1. The van der Waals surface area contributed by atoms with E-state index in [1.54, 1.807) is 30.2 Å². The maximum atomic E-state index is 13.2. The van der Waals surface area contributed by atoms with E-state index in [-0.39, 0.29) is 46.8 Å². The van der Waals surface area contributed by atoms with Crippen molar-refractivity contribution >= 4 is 90.6 Å². The van der Waals surface area contributed by atoms with E-state index in [2.05, 4.69) is 57.7 Å². The Balaban J connectivity index is 0.880. The first-order valence-electron chi connectivity index (χ1n) is 20.2. The van der Waals surface area contributed by atoms with Crippen molar-refractivity contribution in [3.63, 3.8) is 0 Å². The second kappa shape index (κ2) is 18.0. The van der Waals surface area contributed by atoms with Crippen molar-refractivity contribution in [2.24, 2.45) is 0 Å². The molecule has 3 aliphatic rings.